The summed E-state index contributed by atoms with van der Waals surface area (Å²) in [7, 11) is 0. The van der Waals surface area contributed by atoms with E-state index in [4.69, 9.17) is 0 Å². The molecule has 0 unspecified atom stereocenters. The third-order valence-electron chi connectivity index (χ3n) is 6.35. The SMILES string of the molecule is O=C1CCC2=C(CCc3cc4c(cc32)C2=C(CC4)CC(=O)CC2)C1. The van der Waals surface area contributed by atoms with E-state index in [2.05, 4.69) is 12.1 Å². The van der Waals surface area contributed by atoms with E-state index in [0.717, 1.165) is 38.5 Å². The van der Waals surface area contributed by atoms with Crippen LogP contribution in [-0.4, -0.2) is 11.6 Å². The molecule has 0 N–H and O–H groups in total. The molecule has 2 heteroatoms. The number of aryl methyl sites for hydroxylation is 2. The van der Waals surface area contributed by atoms with Crippen LogP contribution in [0.25, 0.3) is 11.1 Å². The highest BCUT2D eigenvalue weighted by atomic mass is 16.1. The van der Waals surface area contributed by atoms with Gasteiger partial charge in [0.15, 0.2) is 0 Å². The maximum absolute atomic E-state index is 11.8. The lowest BCUT2D eigenvalue weighted by molar-refractivity contribution is -0.119. The molecule has 0 heterocycles. The van der Waals surface area contributed by atoms with E-state index in [-0.39, 0.29) is 0 Å². The molecule has 0 fully saturated rings. The van der Waals surface area contributed by atoms with E-state index in [0.29, 0.717) is 37.2 Å². The second-order valence-corrected chi connectivity index (χ2v) is 7.76. The van der Waals surface area contributed by atoms with Gasteiger partial charge in [-0.1, -0.05) is 17.2 Å². The Morgan fingerprint density at radius 3 is 1.54 bits per heavy atom. The summed E-state index contributed by atoms with van der Waals surface area (Å²) in [6.45, 7) is 0. The Hall–Kier alpha value is -1.96. The number of fused-ring (bicyclic) bond motifs is 4. The van der Waals surface area contributed by atoms with Crippen molar-refractivity contribution in [3.05, 3.63) is 45.5 Å². The van der Waals surface area contributed by atoms with Gasteiger partial charge < -0.3 is 0 Å². The quantitative estimate of drug-likeness (QED) is 0.701. The van der Waals surface area contributed by atoms with Crippen molar-refractivity contribution in [1.82, 2.24) is 0 Å². The Labute approximate surface area is 142 Å². The van der Waals surface area contributed by atoms with Crippen LogP contribution in [0.2, 0.25) is 0 Å². The van der Waals surface area contributed by atoms with Crippen LogP contribution in [0.4, 0.5) is 0 Å². The minimum atomic E-state index is 0.408. The van der Waals surface area contributed by atoms with Crippen LogP contribution in [0.1, 0.15) is 73.6 Å². The molecule has 122 valence electrons. The predicted molar refractivity (Wildman–Crippen MR) is 94.6 cm³/mol. The molecule has 4 aliphatic carbocycles. The van der Waals surface area contributed by atoms with E-state index in [9.17, 15) is 9.59 Å². The Morgan fingerprint density at radius 1 is 0.542 bits per heavy atom. The van der Waals surface area contributed by atoms with Crippen LogP contribution < -0.4 is 0 Å². The van der Waals surface area contributed by atoms with Gasteiger partial charge in [0.25, 0.3) is 0 Å². The molecule has 1 aromatic rings. The van der Waals surface area contributed by atoms with E-state index < -0.39 is 0 Å². The van der Waals surface area contributed by atoms with Gasteiger partial charge in [-0.2, -0.15) is 0 Å². The average molecular weight is 318 g/mol. The van der Waals surface area contributed by atoms with Gasteiger partial charge >= 0.3 is 0 Å². The largest absolute Gasteiger partial charge is 0.299 e. The molecule has 0 aromatic heterocycles. The smallest absolute Gasteiger partial charge is 0.137 e. The number of carbonyl (C=O) groups is 2. The molecule has 0 amide bonds. The first kappa shape index (κ1) is 14.4. The van der Waals surface area contributed by atoms with Crippen molar-refractivity contribution in [2.24, 2.45) is 0 Å². The Bertz CT molecular complexity index is 784. The minimum absolute atomic E-state index is 0.408. The topological polar surface area (TPSA) is 34.1 Å². The maximum atomic E-state index is 11.8. The van der Waals surface area contributed by atoms with Crippen molar-refractivity contribution >= 4 is 22.7 Å². The second-order valence-electron chi connectivity index (χ2n) is 7.76. The summed E-state index contributed by atoms with van der Waals surface area (Å²) in [6, 6.07) is 4.85. The molecule has 5 rings (SSSR count). The first-order valence-electron chi connectivity index (χ1n) is 9.31. The van der Waals surface area contributed by atoms with Crippen molar-refractivity contribution in [1.29, 1.82) is 0 Å². The van der Waals surface area contributed by atoms with Gasteiger partial charge in [-0.25, -0.2) is 0 Å². The number of hydrogen-bond acceptors (Lipinski definition) is 2. The maximum Gasteiger partial charge on any atom is 0.137 e. The molecule has 24 heavy (non-hydrogen) atoms. The third kappa shape index (κ3) is 2.16. The van der Waals surface area contributed by atoms with Crippen LogP contribution in [-0.2, 0) is 22.4 Å². The van der Waals surface area contributed by atoms with Gasteiger partial charge in [-0.15, -0.1) is 0 Å². The zero-order chi connectivity index (χ0) is 16.3. The summed E-state index contributed by atoms with van der Waals surface area (Å²) in [4.78, 5) is 23.6. The van der Waals surface area contributed by atoms with Gasteiger partial charge in [0, 0.05) is 25.7 Å². The first-order valence-corrected chi connectivity index (χ1v) is 9.31. The fourth-order valence-corrected chi connectivity index (χ4v) is 5.12. The summed E-state index contributed by atoms with van der Waals surface area (Å²) < 4.78 is 0. The number of carbonyl (C=O) groups excluding carboxylic acids is 2. The predicted octanol–water partition coefficient (Wildman–Crippen LogP) is 4.59. The Balaban J connectivity index is 1.65. The molecule has 0 aliphatic heterocycles. The van der Waals surface area contributed by atoms with Gasteiger partial charge in [-0.3, -0.25) is 9.59 Å². The number of ketones is 2. The lowest BCUT2D eigenvalue weighted by Crippen LogP contribution is -2.18. The second kappa shape index (κ2) is 5.27. The number of hydrogen-bond donors (Lipinski definition) is 0. The zero-order valence-corrected chi connectivity index (χ0v) is 14.0. The van der Waals surface area contributed by atoms with Gasteiger partial charge in [0.2, 0.25) is 0 Å². The molecular formula is C22H22O2. The van der Waals surface area contributed by atoms with Crippen molar-refractivity contribution in [2.75, 3.05) is 0 Å². The lowest BCUT2D eigenvalue weighted by atomic mass is 9.73. The van der Waals surface area contributed by atoms with Crippen molar-refractivity contribution in [2.45, 2.75) is 64.2 Å². The van der Waals surface area contributed by atoms with E-state index in [1.165, 1.54) is 44.5 Å². The van der Waals surface area contributed by atoms with Crippen molar-refractivity contribution in [3.63, 3.8) is 0 Å². The highest BCUT2D eigenvalue weighted by molar-refractivity contribution is 5.93. The first-order chi connectivity index (χ1) is 11.7. The summed E-state index contributed by atoms with van der Waals surface area (Å²) in [5.74, 6) is 0.817. The number of rotatable bonds is 0. The standard InChI is InChI=1S/C22H22O2/c23-17-5-7-19-15(10-17)3-1-13-9-14-2-4-16-11-18(24)6-8-20(16)22(14)12-21(13)19/h9,12H,1-8,10-11H2. The number of benzene rings is 1. The summed E-state index contributed by atoms with van der Waals surface area (Å²) in [5.41, 5.74) is 11.5. The Kier molecular flexibility index (Phi) is 3.16. The molecule has 1 aromatic carbocycles. The van der Waals surface area contributed by atoms with Crippen molar-refractivity contribution in [3.8, 4) is 0 Å². The molecule has 0 spiro atoms. The van der Waals surface area contributed by atoms with E-state index >= 15 is 0 Å². The van der Waals surface area contributed by atoms with Crippen LogP contribution in [0, 0.1) is 0 Å². The number of allylic oxidation sites excluding steroid dienone is 4. The summed E-state index contributed by atoms with van der Waals surface area (Å²) in [5, 5.41) is 0. The van der Waals surface area contributed by atoms with E-state index in [1.807, 2.05) is 0 Å². The van der Waals surface area contributed by atoms with Gasteiger partial charge in [0.05, 0.1) is 0 Å². The monoisotopic (exact) mass is 318 g/mol. The van der Waals surface area contributed by atoms with Gasteiger partial charge in [-0.05, 0) is 78.0 Å². The average Bonchev–Trinajstić information content (AvgIpc) is 2.59. The van der Waals surface area contributed by atoms with Crippen LogP contribution in [0.15, 0.2) is 23.3 Å². The molecule has 0 atom stereocenters. The number of Topliss-reactive ketones (excluding diaryl/α,β-unsaturated/α-hetero) is 2. The van der Waals surface area contributed by atoms with Crippen LogP contribution in [0.3, 0.4) is 0 Å². The molecule has 0 radical (unpaired) electrons. The molecular weight excluding hydrogens is 296 g/mol. The van der Waals surface area contributed by atoms with E-state index in [1.54, 1.807) is 0 Å². The molecule has 0 bridgehead atoms. The molecule has 4 aliphatic rings. The molecule has 0 saturated heterocycles. The zero-order valence-electron chi connectivity index (χ0n) is 14.0. The molecule has 2 nitrogen and oxygen atoms in total. The Morgan fingerprint density at radius 2 is 1.04 bits per heavy atom. The summed E-state index contributed by atoms with van der Waals surface area (Å²) in [6.07, 6.45) is 8.90. The van der Waals surface area contributed by atoms with Crippen molar-refractivity contribution < 1.29 is 9.59 Å². The fourth-order valence-electron chi connectivity index (χ4n) is 5.12. The molecule has 0 saturated carbocycles. The van der Waals surface area contributed by atoms with Crippen LogP contribution in [0.5, 0.6) is 0 Å². The summed E-state index contributed by atoms with van der Waals surface area (Å²) >= 11 is 0. The minimum Gasteiger partial charge on any atom is -0.299 e. The normalized spacial score (nSPS) is 22.8. The third-order valence-corrected chi connectivity index (χ3v) is 6.35. The highest BCUT2D eigenvalue weighted by Crippen LogP contribution is 2.45. The fraction of sp³-hybridized carbons (Fsp3) is 0.455. The van der Waals surface area contributed by atoms with Gasteiger partial charge in [0.1, 0.15) is 11.6 Å². The highest BCUT2D eigenvalue weighted by Gasteiger charge is 2.29. The van der Waals surface area contributed by atoms with Crippen LogP contribution >= 0.6 is 0 Å². The lowest BCUT2D eigenvalue weighted by Gasteiger charge is -2.31.